The molecule has 1 aliphatic heterocycles. The minimum Gasteiger partial charge on any atom is -0.487 e. The molecule has 5 nitrogen and oxygen atoms in total. The van der Waals surface area contributed by atoms with Crippen LogP contribution in [0.2, 0.25) is 0 Å². The number of ether oxygens (including phenoxy) is 1. The van der Waals surface area contributed by atoms with Crippen LogP contribution in [0.3, 0.4) is 0 Å². The van der Waals surface area contributed by atoms with Crippen LogP contribution in [-0.4, -0.2) is 22.3 Å². The summed E-state index contributed by atoms with van der Waals surface area (Å²) in [4.78, 5) is 28.3. The normalized spacial score (nSPS) is 16.0. The maximum absolute atomic E-state index is 12.2. The highest BCUT2D eigenvalue weighted by Gasteiger charge is 2.32. The molecule has 0 saturated heterocycles. The van der Waals surface area contributed by atoms with Crippen LogP contribution in [-0.2, 0) is 0 Å². The average molecular weight is 302 g/mol. The second-order valence-corrected chi connectivity index (χ2v) is 6.36. The average Bonchev–Trinajstić information content (AvgIpc) is 2.90. The number of hydrogen-bond acceptors (Lipinski definition) is 5. The number of carbonyl (C=O) groups excluding carboxylic acids is 2. The predicted octanol–water partition coefficient (Wildman–Crippen LogP) is 3.14. The zero-order valence-corrected chi connectivity index (χ0v) is 12.5. The number of hydrogen-bond donors (Lipinski definition) is 1. The Labute approximate surface area is 126 Å². The lowest BCUT2D eigenvalue weighted by molar-refractivity contribution is 0.0620. The number of rotatable bonds is 2. The van der Waals surface area contributed by atoms with E-state index >= 15 is 0 Å². The second-order valence-electron chi connectivity index (χ2n) is 5.46. The zero-order chi connectivity index (χ0) is 15.0. The quantitative estimate of drug-likeness (QED) is 0.925. The molecule has 1 aromatic carbocycles. The van der Waals surface area contributed by atoms with Gasteiger partial charge in [-0.3, -0.25) is 14.9 Å². The number of Topliss-reactive ketones (excluding diaryl/α,β-unsaturated/α-hetero) is 1. The van der Waals surface area contributed by atoms with Crippen molar-refractivity contribution in [2.45, 2.75) is 25.9 Å². The number of anilines is 1. The van der Waals surface area contributed by atoms with Crippen molar-refractivity contribution in [1.29, 1.82) is 0 Å². The molecule has 0 saturated carbocycles. The lowest BCUT2D eigenvalue weighted by Crippen LogP contribution is -2.36. The number of ketones is 1. The molecule has 0 radical (unpaired) electrons. The highest BCUT2D eigenvalue weighted by atomic mass is 32.1. The molecule has 3 rings (SSSR count). The van der Waals surface area contributed by atoms with E-state index in [2.05, 4.69) is 10.3 Å². The fraction of sp³-hybridized carbons (Fsp3) is 0.267. The van der Waals surface area contributed by atoms with Gasteiger partial charge < -0.3 is 4.74 Å². The predicted molar refractivity (Wildman–Crippen MR) is 80.2 cm³/mol. The molecule has 1 N–H and O–H groups in total. The van der Waals surface area contributed by atoms with Gasteiger partial charge in [-0.25, -0.2) is 4.98 Å². The van der Waals surface area contributed by atoms with Gasteiger partial charge in [0.1, 0.15) is 11.4 Å². The molecule has 1 aliphatic rings. The van der Waals surface area contributed by atoms with Crippen molar-refractivity contribution in [3.63, 3.8) is 0 Å². The number of thiazole rings is 1. The van der Waals surface area contributed by atoms with Gasteiger partial charge >= 0.3 is 0 Å². The summed E-state index contributed by atoms with van der Waals surface area (Å²) in [5.74, 6) is 0.234. The Morgan fingerprint density at radius 3 is 2.95 bits per heavy atom. The van der Waals surface area contributed by atoms with E-state index in [-0.39, 0.29) is 11.7 Å². The molecule has 0 aliphatic carbocycles. The van der Waals surface area contributed by atoms with Crippen LogP contribution in [0, 0.1) is 0 Å². The smallest absolute Gasteiger partial charge is 0.257 e. The number of benzene rings is 1. The molecule has 0 spiro atoms. The Morgan fingerprint density at radius 1 is 1.43 bits per heavy atom. The Kier molecular flexibility index (Phi) is 3.25. The van der Waals surface area contributed by atoms with Gasteiger partial charge in [0, 0.05) is 17.1 Å². The molecule has 0 fully saturated rings. The number of carbonyl (C=O) groups is 2. The monoisotopic (exact) mass is 302 g/mol. The lowest BCUT2D eigenvalue weighted by atomic mass is 9.92. The highest BCUT2D eigenvalue weighted by molar-refractivity contribution is 7.13. The summed E-state index contributed by atoms with van der Waals surface area (Å²) >= 11 is 1.34. The molecule has 6 heteroatoms. The number of nitrogens with zero attached hydrogens (tertiary/aromatic N) is 1. The summed E-state index contributed by atoms with van der Waals surface area (Å²) in [6.45, 7) is 3.74. The Balaban J connectivity index is 1.88. The standard InChI is InChI=1S/C15H14N2O3S/c1-15(2)8-11(18)10-7-9(3-4-12(10)20-15)13(19)17-14-16-5-6-21-14/h3-7H,8H2,1-2H3,(H,16,17,19). The van der Waals surface area contributed by atoms with Crippen LogP contribution in [0.1, 0.15) is 41.0 Å². The van der Waals surface area contributed by atoms with Gasteiger partial charge in [0.25, 0.3) is 5.91 Å². The number of fused-ring (bicyclic) bond motifs is 1. The second kappa shape index (κ2) is 4.96. The zero-order valence-electron chi connectivity index (χ0n) is 11.7. The van der Waals surface area contributed by atoms with E-state index in [0.29, 0.717) is 28.4 Å². The number of nitrogens with one attached hydrogen (secondary N) is 1. The first-order valence-corrected chi connectivity index (χ1v) is 7.40. The van der Waals surface area contributed by atoms with Crippen LogP contribution in [0.15, 0.2) is 29.8 Å². The topological polar surface area (TPSA) is 68.3 Å². The van der Waals surface area contributed by atoms with Gasteiger partial charge in [0.05, 0.1) is 12.0 Å². The molecule has 108 valence electrons. The van der Waals surface area contributed by atoms with Gasteiger partial charge in [0.2, 0.25) is 0 Å². The van der Waals surface area contributed by atoms with Crippen molar-refractivity contribution in [3.05, 3.63) is 40.9 Å². The van der Waals surface area contributed by atoms with E-state index < -0.39 is 5.60 Å². The summed E-state index contributed by atoms with van der Waals surface area (Å²) < 4.78 is 5.77. The minimum atomic E-state index is -0.505. The SMILES string of the molecule is CC1(C)CC(=O)c2cc(C(=O)Nc3nccs3)ccc2O1. The van der Waals surface area contributed by atoms with Gasteiger partial charge in [0.15, 0.2) is 10.9 Å². The third-order valence-electron chi connectivity index (χ3n) is 3.17. The summed E-state index contributed by atoms with van der Waals surface area (Å²) in [5.41, 5.74) is 0.371. The fourth-order valence-electron chi connectivity index (χ4n) is 2.25. The molecule has 21 heavy (non-hydrogen) atoms. The van der Waals surface area contributed by atoms with Crippen LogP contribution >= 0.6 is 11.3 Å². The van der Waals surface area contributed by atoms with Crippen molar-refractivity contribution in [1.82, 2.24) is 4.98 Å². The third-order valence-corrected chi connectivity index (χ3v) is 3.86. The summed E-state index contributed by atoms with van der Waals surface area (Å²) in [5, 5.41) is 5.00. The van der Waals surface area contributed by atoms with Crippen LogP contribution in [0.4, 0.5) is 5.13 Å². The molecule has 0 atom stereocenters. The van der Waals surface area contributed by atoms with E-state index in [1.54, 1.807) is 29.8 Å². The highest BCUT2D eigenvalue weighted by Crippen LogP contribution is 2.33. The molecule has 0 unspecified atom stereocenters. The molecular weight excluding hydrogens is 288 g/mol. The Morgan fingerprint density at radius 2 is 2.24 bits per heavy atom. The summed E-state index contributed by atoms with van der Waals surface area (Å²) in [7, 11) is 0. The molecule has 1 aromatic heterocycles. The lowest BCUT2D eigenvalue weighted by Gasteiger charge is -2.31. The molecule has 1 amide bonds. The first-order chi connectivity index (χ1) is 9.94. The first-order valence-electron chi connectivity index (χ1n) is 6.52. The third kappa shape index (κ3) is 2.80. The molecule has 0 bridgehead atoms. The summed E-state index contributed by atoms with van der Waals surface area (Å²) in [6, 6.07) is 4.90. The molecule has 2 aromatic rings. The first kappa shape index (κ1) is 13.8. The molecular formula is C15H14N2O3S. The Hall–Kier alpha value is -2.21. The van der Waals surface area contributed by atoms with Gasteiger partial charge in [-0.05, 0) is 32.0 Å². The van der Waals surface area contributed by atoms with E-state index in [1.165, 1.54) is 11.3 Å². The molecule has 2 heterocycles. The van der Waals surface area contributed by atoms with E-state index in [4.69, 9.17) is 4.74 Å². The fourth-order valence-corrected chi connectivity index (χ4v) is 2.77. The van der Waals surface area contributed by atoms with Gasteiger partial charge in [-0.15, -0.1) is 11.3 Å². The minimum absolute atomic E-state index is 0.00912. The maximum Gasteiger partial charge on any atom is 0.257 e. The summed E-state index contributed by atoms with van der Waals surface area (Å²) in [6.07, 6.45) is 1.92. The van der Waals surface area contributed by atoms with E-state index in [9.17, 15) is 9.59 Å². The van der Waals surface area contributed by atoms with Gasteiger partial charge in [-0.1, -0.05) is 0 Å². The van der Waals surface area contributed by atoms with Crippen molar-refractivity contribution in [2.75, 3.05) is 5.32 Å². The van der Waals surface area contributed by atoms with Crippen molar-refractivity contribution >= 4 is 28.2 Å². The van der Waals surface area contributed by atoms with Crippen LogP contribution in [0.5, 0.6) is 5.75 Å². The van der Waals surface area contributed by atoms with Crippen molar-refractivity contribution < 1.29 is 14.3 Å². The van der Waals surface area contributed by atoms with E-state index in [0.717, 1.165) is 0 Å². The largest absolute Gasteiger partial charge is 0.487 e. The number of amides is 1. The van der Waals surface area contributed by atoms with Crippen LogP contribution in [0.25, 0.3) is 0 Å². The maximum atomic E-state index is 12.2. The van der Waals surface area contributed by atoms with Gasteiger partial charge in [-0.2, -0.15) is 0 Å². The Bertz CT molecular complexity index is 708. The van der Waals surface area contributed by atoms with Crippen LogP contribution < -0.4 is 10.1 Å². The van der Waals surface area contributed by atoms with Crippen molar-refractivity contribution in [3.8, 4) is 5.75 Å². The van der Waals surface area contributed by atoms with Crippen molar-refractivity contribution in [2.24, 2.45) is 0 Å². The number of aromatic nitrogens is 1. The van der Waals surface area contributed by atoms with E-state index in [1.807, 2.05) is 13.8 Å².